The highest BCUT2D eigenvalue weighted by molar-refractivity contribution is 4.95. The average molecular weight is 270 g/mol. The van der Waals surface area contributed by atoms with Crippen molar-refractivity contribution in [3.63, 3.8) is 0 Å². The summed E-state index contributed by atoms with van der Waals surface area (Å²) in [6.07, 6.45) is -2.01. The summed E-state index contributed by atoms with van der Waals surface area (Å²) in [5.41, 5.74) is -1.13. The number of ether oxygens (including phenoxy) is 3. The normalized spacial score (nSPS) is 36.4. The zero-order valence-electron chi connectivity index (χ0n) is 10.4. The maximum Gasteiger partial charge on any atom is 0.330 e. The lowest BCUT2D eigenvalue weighted by Crippen LogP contribution is -2.37. The van der Waals surface area contributed by atoms with Crippen LogP contribution in [0.2, 0.25) is 0 Å². The van der Waals surface area contributed by atoms with Gasteiger partial charge in [-0.1, -0.05) is 0 Å². The fourth-order valence-electron chi connectivity index (χ4n) is 2.41. The van der Waals surface area contributed by atoms with E-state index in [1.807, 2.05) is 0 Å². The summed E-state index contributed by atoms with van der Waals surface area (Å²) in [4.78, 5) is 24.9. The van der Waals surface area contributed by atoms with Crippen molar-refractivity contribution in [2.24, 2.45) is 0 Å². The van der Waals surface area contributed by atoms with Gasteiger partial charge in [-0.25, -0.2) is 4.79 Å². The number of nitrogens with one attached hydrogen (secondary N) is 1. The van der Waals surface area contributed by atoms with Crippen molar-refractivity contribution in [1.82, 2.24) is 9.55 Å². The molecule has 4 atom stereocenters. The maximum atomic E-state index is 11.7. The van der Waals surface area contributed by atoms with E-state index >= 15 is 0 Å². The minimum atomic E-state index is -1.18. The highest BCUT2D eigenvalue weighted by Gasteiger charge is 2.55. The van der Waals surface area contributed by atoms with Crippen LogP contribution >= 0.6 is 0 Å². The SMILES string of the molecule is CC1(C)O[C@@H]2[C@H](O1)[C@@H](O)O[C@H]2n1ccc(=O)[nH]c1=O. The molecule has 2 fully saturated rings. The summed E-state index contributed by atoms with van der Waals surface area (Å²) in [7, 11) is 0. The van der Waals surface area contributed by atoms with Gasteiger partial charge >= 0.3 is 5.69 Å². The van der Waals surface area contributed by atoms with Crippen molar-refractivity contribution >= 4 is 0 Å². The molecule has 0 aliphatic carbocycles. The summed E-state index contributed by atoms with van der Waals surface area (Å²) in [6, 6.07) is 1.20. The Morgan fingerprint density at radius 1 is 1.32 bits per heavy atom. The van der Waals surface area contributed by atoms with Crippen LogP contribution in [0.25, 0.3) is 0 Å². The van der Waals surface area contributed by atoms with Crippen molar-refractivity contribution in [1.29, 1.82) is 0 Å². The molecule has 2 aliphatic rings. The van der Waals surface area contributed by atoms with Gasteiger partial charge in [-0.05, 0) is 13.8 Å². The van der Waals surface area contributed by atoms with Gasteiger partial charge in [0, 0.05) is 12.3 Å². The minimum absolute atomic E-state index is 0.500. The first-order valence-corrected chi connectivity index (χ1v) is 5.88. The van der Waals surface area contributed by atoms with Gasteiger partial charge in [0.05, 0.1) is 0 Å². The second kappa shape index (κ2) is 4.01. The fourth-order valence-corrected chi connectivity index (χ4v) is 2.41. The number of aromatic amines is 1. The third-order valence-electron chi connectivity index (χ3n) is 3.13. The Bertz CT molecular complexity index is 606. The number of hydrogen-bond donors (Lipinski definition) is 2. The second-order valence-corrected chi connectivity index (χ2v) is 5.00. The Labute approximate surface area is 107 Å². The summed E-state index contributed by atoms with van der Waals surface area (Å²) in [5.74, 6) is -0.857. The van der Waals surface area contributed by atoms with E-state index in [1.54, 1.807) is 13.8 Å². The molecule has 0 bridgehead atoms. The lowest BCUT2D eigenvalue weighted by atomic mass is 10.2. The quantitative estimate of drug-likeness (QED) is 0.671. The molecule has 19 heavy (non-hydrogen) atoms. The molecule has 0 unspecified atom stereocenters. The van der Waals surface area contributed by atoms with Crippen LogP contribution in [0.3, 0.4) is 0 Å². The van der Waals surface area contributed by atoms with Crippen molar-refractivity contribution in [3.05, 3.63) is 33.1 Å². The molecule has 8 heteroatoms. The molecule has 0 aromatic carbocycles. The largest absolute Gasteiger partial charge is 0.366 e. The molecule has 1 aromatic heterocycles. The van der Waals surface area contributed by atoms with Gasteiger partial charge in [-0.15, -0.1) is 0 Å². The molecule has 3 rings (SSSR count). The van der Waals surface area contributed by atoms with E-state index in [4.69, 9.17) is 14.2 Å². The third kappa shape index (κ3) is 2.02. The van der Waals surface area contributed by atoms with Gasteiger partial charge in [0.15, 0.2) is 18.3 Å². The van der Waals surface area contributed by atoms with Gasteiger partial charge in [-0.3, -0.25) is 14.3 Å². The second-order valence-electron chi connectivity index (χ2n) is 5.00. The van der Waals surface area contributed by atoms with Crippen LogP contribution in [0.5, 0.6) is 0 Å². The molecule has 3 heterocycles. The molecule has 0 spiro atoms. The molecule has 8 nitrogen and oxygen atoms in total. The molecule has 0 saturated carbocycles. The number of hydrogen-bond acceptors (Lipinski definition) is 6. The van der Waals surface area contributed by atoms with E-state index in [9.17, 15) is 14.7 Å². The third-order valence-corrected chi connectivity index (χ3v) is 3.13. The summed E-state index contributed by atoms with van der Waals surface area (Å²) in [6.45, 7) is 3.43. The first kappa shape index (κ1) is 12.5. The van der Waals surface area contributed by atoms with Crippen molar-refractivity contribution in [2.45, 2.75) is 44.4 Å². The molecule has 104 valence electrons. The van der Waals surface area contributed by atoms with Crippen LogP contribution in [0.1, 0.15) is 20.1 Å². The first-order chi connectivity index (χ1) is 8.87. The molecule has 0 amide bonds. The fraction of sp³-hybridized carbons (Fsp3) is 0.636. The minimum Gasteiger partial charge on any atom is -0.366 e. The Hall–Kier alpha value is -1.48. The maximum absolute atomic E-state index is 11.7. The van der Waals surface area contributed by atoms with E-state index in [1.165, 1.54) is 16.8 Å². The summed E-state index contributed by atoms with van der Waals surface area (Å²) >= 11 is 0. The molecule has 1 aromatic rings. The van der Waals surface area contributed by atoms with Gasteiger partial charge in [0.1, 0.15) is 12.2 Å². The number of aliphatic hydroxyl groups excluding tert-OH is 1. The lowest BCUT2D eigenvalue weighted by Gasteiger charge is -2.23. The van der Waals surface area contributed by atoms with Gasteiger partial charge < -0.3 is 19.3 Å². The topological polar surface area (TPSA) is 103 Å². The van der Waals surface area contributed by atoms with E-state index in [0.717, 1.165) is 0 Å². The van der Waals surface area contributed by atoms with Crippen LogP contribution in [0.15, 0.2) is 21.9 Å². The Morgan fingerprint density at radius 2 is 2.00 bits per heavy atom. The molecule has 2 saturated heterocycles. The summed E-state index contributed by atoms with van der Waals surface area (Å²) in [5, 5.41) is 9.79. The average Bonchev–Trinajstić information content (AvgIpc) is 2.75. The Balaban J connectivity index is 1.98. The Morgan fingerprint density at radius 3 is 2.68 bits per heavy atom. The van der Waals surface area contributed by atoms with Gasteiger partial charge in [0.25, 0.3) is 5.56 Å². The number of aliphatic hydroxyl groups is 1. The van der Waals surface area contributed by atoms with Crippen molar-refractivity contribution in [3.8, 4) is 0 Å². The van der Waals surface area contributed by atoms with Crippen LogP contribution in [0.4, 0.5) is 0 Å². The molecular formula is C11H14N2O6. The van der Waals surface area contributed by atoms with Crippen LogP contribution < -0.4 is 11.2 Å². The number of fused-ring (bicyclic) bond motifs is 1. The predicted molar refractivity (Wildman–Crippen MR) is 61.3 cm³/mol. The standard InChI is InChI=1S/C11H14N2O6/c1-11(2)18-6-7(19-11)9(15)17-8(6)13-4-3-5(14)12-10(13)16/h3-4,6-9,15H,1-2H3,(H,12,14,16)/t6-,7+,8-,9+/m1/s1. The van der Waals surface area contributed by atoms with Crippen LogP contribution in [-0.2, 0) is 14.2 Å². The highest BCUT2D eigenvalue weighted by atomic mass is 16.8. The van der Waals surface area contributed by atoms with Crippen molar-refractivity contribution < 1.29 is 19.3 Å². The van der Waals surface area contributed by atoms with E-state index in [0.29, 0.717) is 0 Å². The van der Waals surface area contributed by atoms with E-state index in [2.05, 4.69) is 4.98 Å². The van der Waals surface area contributed by atoms with E-state index in [-0.39, 0.29) is 0 Å². The Kier molecular flexibility index (Phi) is 2.65. The predicted octanol–water partition coefficient (Wildman–Crippen LogP) is -1.10. The van der Waals surface area contributed by atoms with Crippen molar-refractivity contribution in [2.75, 3.05) is 0 Å². The molecule has 0 radical (unpaired) electrons. The molecule has 2 aliphatic heterocycles. The lowest BCUT2D eigenvalue weighted by molar-refractivity contribution is -0.231. The number of H-pyrrole nitrogens is 1. The van der Waals surface area contributed by atoms with Crippen LogP contribution in [-0.4, -0.2) is 38.9 Å². The van der Waals surface area contributed by atoms with Gasteiger partial charge in [0.2, 0.25) is 0 Å². The summed E-state index contributed by atoms with van der Waals surface area (Å²) < 4.78 is 17.6. The van der Waals surface area contributed by atoms with Crippen LogP contribution in [0, 0.1) is 0 Å². The molecular weight excluding hydrogens is 256 g/mol. The van der Waals surface area contributed by atoms with E-state index < -0.39 is 41.8 Å². The number of aromatic nitrogens is 2. The highest BCUT2D eigenvalue weighted by Crippen LogP contribution is 2.41. The van der Waals surface area contributed by atoms with Gasteiger partial charge in [-0.2, -0.15) is 0 Å². The molecule has 2 N–H and O–H groups in total. The smallest absolute Gasteiger partial charge is 0.330 e. The zero-order chi connectivity index (χ0) is 13.8. The number of nitrogens with zero attached hydrogens (tertiary/aromatic N) is 1. The first-order valence-electron chi connectivity index (χ1n) is 5.88. The zero-order valence-corrected chi connectivity index (χ0v) is 10.4. The number of rotatable bonds is 1. The monoisotopic (exact) mass is 270 g/mol.